The smallest absolute Gasteiger partial charge is 0.315 e. The summed E-state index contributed by atoms with van der Waals surface area (Å²) in [6.45, 7) is 8.57. The first-order valence-corrected chi connectivity index (χ1v) is 11.0. The highest BCUT2D eigenvalue weighted by molar-refractivity contribution is 5.91. The minimum absolute atomic E-state index is 0.153. The van der Waals surface area contributed by atoms with Crippen LogP contribution in [0.3, 0.4) is 0 Å². The van der Waals surface area contributed by atoms with Crippen molar-refractivity contribution in [3.63, 3.8) is 0 Å². The average molecular weight is 416 g/mol. The summed E-state index contributed by atoms with van der Waals surface area (Å²) >= 11 is 0. The van der Waals surface area contributed by atoms with Gasteiger partial charge in [-0.1, -0.05) is 46.6 Å². The predicted octanol–water partition coefficient (Wildman–Crippen LogP) is 4.84. The Labute approximate surface area is 180 Å². The molecule has 166 valence electrons. The molecule has 1 amide bonds. The van der Waals surface area contributed by atoms with Gasteiger partial charge in [0, 0.05) is 6.42 Å². The molecule has 1 heterocycles. The molecule has 1 aliphatic heterocycles. The summed E-state index contributed by atoms with van der Waals surface area (Å²) < 4.78 is 0. The first-order valence-electron chi connectivity index (χ1n) is 11.0. The third kappa shape index (κ3) is 5.94. The second kappa shape index (κ2) is 10.8. The maximum Gasteiger partial charge on any atom is 0.315 e. The van der Waals surface area contributed by atoms with Gasteiger partial charge in [0.25, 0.3) is 0 Å². The molecule has 0 bridgehead atoms. The van der Waals surface area contributed by atoms with E-state index in [-0.39, 0.29) is 18.7 Å². The van der Waals surface area contributed by atoms with Gasteiger partial charge >= 0.3 is 5.97 Å². The Balaban J connectivity index is 1.86. The van der Waals surface area contributed by atoms with Crippen LogP contribution in [-0.4, -0.2) is 34.2 Å². The van der Waals surface area contributed by atoms with Gasteiger partial charge in [-0.15, -0.1) is 0 Å². The molecule has 0 saturated carbocycles. The first kappa shape index (κ1) is 24.1. The Morgan fingerprint density at radius 3 is 2.30 bits per heavy atom. The number of carbonyl (C=O) groups excluding carboxylic acids is 1. The van der Waals surface area contributed by atoms with Crippen LogP contribution in [0.25, 0.3) is 0 Å². The zero-order valence-electron chi connectivity index (χ0n) is 18.8. The zero-order valence-corrected chi connectivity index (χ0v) is 18.8. The molecule has 1 aliphatic carbocycles. The highest BCUT2D eigenvalue weighted by atomic mass is 16.4. The van der Waals surface area contributed by atoms with Crippen molar-refractivity contribution in [2.24, 2.45) is 5.41 Å². The lowest BCUT2D eigenvalue weighted by molar-refractivity contribution is -0.158. The Hall–Kier alpha value is -2.14. The van der Waals surface area contributed by atoms with Gasteiger partial charge in [0.2, 0.25) is 5.91 Å². The minimum atomic E-state index is -1.42. The molecular weight excluding hydrogens is 378 g/mol. The van der Waals surface area contributed by atoms with Gasteiger partial charge in [0.05, 0.1) is 12.1 Å². The summed E-state index contributed by atoms with van der Waals surface area (Å²) in [5, 5.41) is 22.9. The van der Waals surface area contributed by atoms with E-state index in [0.29, 0.717) is 6.42 Å². The van der Waals surface area contributed by atoms with Crippen molar-refractivity contribution >= 4 is 11.9 Å². The number of carboxylic acids is 1. The van der Waals surface area contributed by atoms with Gasteiger partial charge in [-0.25, -0.2) is 0 Å². The molecule has 0 aromatic carbocycles. The molecular formula is C25H37NO4. The lowest BCUT2D eigenvalue weighted by Gasteiger charge is -2.38. The fraction of sp³-hybridized carbons (Fsp3) is 0.600. The van der Waals surface area contributed by atoms with Gasteiger partial charge in [-0.05, 0) is 72.6 Å². The van der Waals surface area contributed by atoms with Gasteiger partial charge in [-0.3, -0.25) is 9.59 Å². The van der Waals surface area contributed by atoms with Crippen molar-refractivity contribution in [3.8, 4) is 0 Å². The maximum absolute atomic E-state index is 11.9. The number of hydrogen-bond donors (Lipinski definition) is 3. The summed E-state index contributed by atoms with van der Waals surface area (Å²) in [5.74, 6) is -1.39. The summed E-state index contributed by atoms with van der Waals surface area (Å²) in [6.07, 6.45) is 13.5. The molecule has 0 aromatic heterocycles. The largest absolute Gasteiger partial charge is 0.481 e. The Morgan fingerprint density at radius 2 is 1.70 bits per heavy atom. The van der Waals surface area contributed by atoms with E-state index in [0.717, 1.165) is 37.7 Å². The number of aliphatic hydroxyl groups is 1. The van der Waals surface area contributed by atoms with Crippen molar-refractivity contribution in [1.29, 1.82) is 0 Å². The second-order valence-electron chi connectivity index (χ2n) is 9.05. The van der Waals surface area contributed by atoms with Crippen LogP contribution < -0.4 is 5.32 Å². The molecule has 0 radical (unpaired) electrons. The highest BCUT2D eigenvalue weighted by Crippen LogP contribution is 2.45. The molecule has 5 heteroatoms. The van der Waals surface area contributed by atoms with Crippen molar-refractivity contribution in [3.05, 3.63) is 46.6 Å². The third-order valence-electron chi connectivity index (χ3n) is 6.29. The minimum Gasteiger partial charge on any atom is -0.481 e. The normalized spacial score (nSPS) is 26.7. The highest BCUT2D eigenvalue weighted by Gasteiger charge is 2.59. The molecule has 1 fully saturated rings. The van der Waals surface area contributed by atoms with Crippen molar-refractivity contribution in [1.82, 2.24) is 5.32 Å². The van der Waals surface area contributed by atoms with Gasteiger partial charge in [0.15, 0.2) is 0 Å². The molecule has 0 spiro atoms. The van der Waals surface area contributed by atoms with Crippen LogP contribution in [0, 0.1) is 5.41 Å². The second-order valence-corrected chi connectivity index (χ2v) is 9.05. The number of aliphatic hydroxyl groups excluding tert-OH is 1. The van der Waals surface area contributed by atoms with Crippen molar-refractivity contribution in [2.45, 2.75) is 91.2 Å². The van der Waals surface area contributed by atoms with Crippen LogP contribution in [0.1, 0.15) is 79.1 Å². The molecule has 0 aromatic rings. The van der Waals surface area contributed by atoms with E-state index in [4.69, 9.17) is 0 Å². The lowest BCUT2D eigenvalue weighted by atomic mass is 9.67. The Kier molecular flexibility index (Phi) is 8.65. The zero-order chi connectivity index (χ0) is 22.3. The average Bonchev–Trinajstić information content (AvgIpc) is 3.03. The summed E-state index contributed by atoms with van der Waals surface area (Å²) in [6, 6.07) is -0.605. The van der Waals surface area contributed by atoms with Crippen LogP contribution >= 0.6 is 0 Å². The Bertz CT molecular complexity index is 770. The summed E-state index contributed by atoms with van der Waals surface area (Å²) in [4.78, 5) is 23.8. The number of rotatable bonds is 10. The van der Waals surface area contributed by atoms with Crippen LogP contribution in [0.4, 0.5) is 0 Å². The monoisotopic (exact) mass is 415 g/mol. The van der Waals surface area contributed by atoms with Crippen LogP contribution in [0.15, 0.2) is 46.6 Å². The number of fused-ring (bicyclic) bond motifs is 1. The van der Waals surface area contributed by atoms with Gasteiger partial charge in [-0.2, -0.15) is 0 Å². The summed E-state index contributed by atoms with van der Waals surface area (Å²) in [5.41, 5.74) is 3.61. The fourth-order valence-corrected chi connectivity index (χ4v) is 4.45. The maximum atomic E-state index is 11.9. The van der Waals surface area contributed by atoms with E-state index in [1.54, 1.807) is 0 Å². The molecule has 2 rings (SSSR count). The molecule has 3 atom stereocenters. The third-order valence-corrected chi connectivity index (χ3v) is 6.29. The number of carboxylic acid groups (broad SMARTS) is 1. The van der Waals surface area contributed by atoms with E-state index in [9.17, 15) is 19.8 Å². The van der Waals surface area contributed by atoms with E-state index in [1.165, 1.54) is 16.7 Å². The topological polar surface area (TPSA) is 86.6 Å². The van der Waals surface area contributed by atoms with Crippen LogP contribution in [-0.2, 0) is 9.59 Å². The van der Waals surface area contributed by atoms with Gasteiger partial charge < -0.3 is 15.5 Å². The van der Waals surface area contributed by atoms with Crippen molar-refractivity contribution < 1.29 is 19.8 Å². The number of allylic oxidation sites excluding steroid dienone is 6. The standard InChI is InChI=1S/C25H37NO4/c1-17(2)8-5-9-18(3)10-6-11-19(4)12-7-13-20-14-15-21(27)25(24(29)30)16-22(28)26-23(20)25/h8,10,12,14,21,23,27H,5-7,9,11,13,15-16H2,1-4H3,(H,26,28)(H,29,30). The summed E-state index contributed by atoms with van der Waals surface area (Å²) in [7, 11) is 0. The Morgan fingerprint density at radius 1 is 1.10 bits per heavy atom. The van der Waals surface area contributed by atoms with E-state index >= 15 is 0 Å². The molecule has 3 N–H and O–H groups in total. The molecule has 5 nitrogen and oxygen atoms in total. The number of aliphatic carboxylic acids is 1. The van der Waals surface area contributed by atoms with E-state index in [2.05, 4.69) is 51.2 Å². The number of amides is 1. The van der Waals surface area contributed by atoms with E-state index < -0.39 is 23.5 Å². The van der Waals surface area contributed by atoms with Crippen LogP contribution in [0.2, 0.25) is 0 Å². The van der Waals surface area contributed by atoms with Crippen LogP contribution in [0.5, 0.6) is 0 Å². The van der Waals surface area contributed by atoms with E-state index in [1.807, 2.05) is 6.08 Å². The first-order chi connectivity index (χ1) is 14.2. The number of carbonyl (C=O) groups is 2. The molecule has 1 saturated heterocycles. The van der Waals surface area contributed by atoms with Gasteiger partial charge in [0.1, 0.15) is 5.41 Å². The van der Waals surface area contributed by atoms with Crippen molar-refractivity contribution in [2.75, 3.05) is 0 Å². The molecule has 3 unspecified atom stereocenters. The number of hydrogen-bond acceptors (Lipinski definition) is 3. The lowest BCUT2D eigenvalue weighted by Crippen LogP contribution is -2.53. The fourth-order valence-electron chi connectivity index (χ4n) is 4.45. The SMILES string of the molecule is CC(C)=CCCC(C)=CCCC(C)=CCCC1=CCC(O)C2(C(=O)O)CC(=O)NC12. The number of nitrogens with one attached hydrogen (secondary N) is 1. The quantitative estimate of drug-likeness (QED) is 0.446. The molecule has 2 aliphatic rings. The molecule has 30 heavy (non-hydrogen) atoms. The predicted molar refractivity (Wildman–Crippen MR) is 120 cm³/mol.